The predicted molar refractivity (Wildman–Crippen MR) is 92.0 cm³/mol. The molecule has 1 aliphatic rings. The summed E-state index contributed by atoms with van der Waals surface area (Å²) in [4.78, 5) is 1.41. The molecule has 2 heterocycles. The Balaban J connectivity index is 2.03. The van der Waals surface area contributed by atoms with Gasteiger partial charge in [-0.25, -0.2) is 0 Å². The minimum atomic E-state index is 0.264. The van der Waals surface area contributed by atoms with Crippen molar-refractivity contribution < 1.29 is 0 Å². The Kier molecular flexibility index (Phi) is 4.43. The van der Waals surface area contributed by atoms with Crippen LogP contribution in [0.5, 0.6) is 0 Å². The van der Waals surface area contributed by atoms with Crippen molar-refractivity contribution in [1.82, 2.24) is 15.1 Å². The number of rotatable bonds is 4. The smallest absolute Gasteiger partial charge is 0.0705 e. The fraction of sp³-hybridized carbons (Fsp3) is 0.438. The number of hydrogen-bond acceptors (Lipinski definition) is 3. The van der Waals surface area contributed by atoms with Crippen molar-refractivity contribution in [2.75, 3.05) is 12.8 Å². The maximum absolute atomic E-state index is 4.53. The molecule has 5 heteroatoms. The molecule has 1 N–H and O–H groups in total. The quantitative estimate of drug-likeness (QED) is 0.871. The lowest BCUT2D eigenvalue weighted by Gasteiger charge is -2.26. The Morgan fingerprint density at radius 3 is 2.86 bits per heavy atom. The third-order valence-corrected chi connectivity index (χ3v) is 5.84. The second-order valence-corrected chi connectivity index (χ2v) is 7.55. The van der Waals surface area contributed by atoms with Crippen molar-refractivity contribution in [3.8, 4) is 0 Å². The van der Waals surface area contributed by atoms with Gasteiger partial charge in [0.05, 0.1) is 22.4 Å². The lowest BCUT2D eigenvalue weighted by atomic mass is 9.91. The zero-order valence-electron chi connectivity index (χ0n) is 12.5. The summed E-state index contributed by atoms with van der Waals surface area (Å²) in [5.41, 5.74) is 2.69. The molecule has 0 aliphatic carbocycles. The SMILES string of the molecule is CNC(c1c(Br)cnn1C(C)C)C1CSc2ccccc21. The molecule has 0 fully saturated rings. The van der Waals surface area contributed by atoms with E-state index in [0.29, 0.717) is 12.0 Å². The summed E-state index contributed by atoms with van der Waals surface area (Å²) in [5.74, 6) is 1.59. The molecule has 0 spiro atoms. The topological polar surface area (TPSA) is 29.9 Å². The minimum absolute atomic E-state index is 0.264. The summed E-state index contributed by atoms with van der Waals surface area (Å²) in [6, 6.07) is 9.36. The molecule has 0 radical (unpaired) electrons. The van der Waals surface area contributed by atoms with Crippen molar-refractivity contribution >= 4 is 27.7 Å². The first-order chi connectivity index (χ1) is 10.1. The maximum atomic E-state index is 4.53. The van der Waals surface area contributed by atoms with Crippen LogP contribution < -0.4 is 5.32 Å². The predicted octanol–water partition coefficient (Wildman–Crippen LogP) is 4.38. The minimum Gasteiger partial charge on any atom is -0.311 e. The molecule has 2 unspecified atom stereocenters. The average molecular weight is 366 g/mol. The highest BCUT2D eigenvalue weighted by atomic mass is 79.9. The molecule has 0 bridgehead atoms. The van der Waals surface area contributed by atoms with Gasteiger partial charge in [0, 0.05) is 22.6 Å². The number of nitrogens with zero attached hydrogens (tertiary/aromatic N) is 2. The van der Waals surface area contributed by atoms with Crippen LogP contribution in [0.25, 0.3) is 0 Å². The highest BCUT2D eigenvalue weighted by Crippen LogP contribution is 2.46. The van der Waals surface area contributed by atoms with Gasteiger partial charge in [0.2, 0.25) is 0 Å². The summed E-state index contributed by atoms with van der Waals surface area (Å²) >= 11 is 5.64. The number of benzene rings is 1. The summed E-state index contributed by atoms with van der Waals surface area (Å²) in [7, 11) is 2.04. The van der Waals surface area contributed by atoms with Crippen molar-refractivity contribution in [2.45, 2.75) is 36.7 Å². The van der Waals surface area contributed by atoms with Crippen molar-refractivity contribution in [3.05, 3.63) is 46.2 Å². The van der Waals surface area contributed by atoms with Crippen LogP contribution in [0.3, 0.4) is 0 Å². The first-order valence-corrected chi connectivity index (χ1v) is 9.03. The largest absolute Gasteiger partial charge is 0.311 e. The van der Waals surface area contributed by atoms with E-state index in [0.717, 1.165) is 10.2 Å². The van der Waals surface area contributed by atoms with Crippen LogP contribution in [0.2, 0.25) is 0 Å². The number of aromatic nitrogens is 2. The monoisotopic (exact) mass is 365 g/mol. The average Bonchev–Trinajstić information content (AvgIpc) is 3.06. The van der Waals surface area contributed by atoms with Crippen LogP contribution in [0.1, 0.15) is 43.1 Å². The summed E-state index contributed by atoms with van der Waals surface area (Å²) < 4.78 is 3.21. The van der Waals surface area contributed by atoms with Gasteiger partial charge in [0.25, 0.3) is 0 Å². The van der Waals surface area contributed by atoms with E-state index >= 15 is 0 Å². The van der Waals surface area contributed by atoms with Crippen LogP contribution in [-0.2, 0) is 0 Å². The van der Waals surface area contributed by atoms with E-state index in [4.69, 9.17) is 0 Å². The van der Waals surface area contributed by atoms with Gasteiger partial charge >= 0.3 is 0 Å². The van der Waals surface area contributed by atoms with Gasteiger partial charge in [-0.1, -0.05) is 18.2 Å². The van der Waals surface area contributed by atoms with Gasteiger partial charge in [0.1, 0.15) is 0 Å². The maximum Gasteiger partial charge on any atom is 0.0705 e. The summed E-state index contributed by atoms with van der Waals surface area (Å²) in [5, 5.41) is 8.05. The van der Waals surface area contributed by atoms with Gasteiger partial charge in [-0.3, -0.25) is 4.68 Å². The van der Waals surface area contributed by atoms with Crippen LogP contribution in [0.4, 0.5) is 0 Å². The number of likely N-dealkylation sites (N-methyl/N-ethyl adjacent to an activating group) is 1. The Morgan fingerprint density at radius 2 is 2.14 bits per heavy atom. The molecule has 3 rings (SSSR count). The molecule has 2 atom stereocenters. The Bertz CT molecular complexity index is 638. The van der Waals surface area contributed by atoms with Crippen molar-refractivity contribution in [2.24, 2.45) is 0 Å². The zero-order valence-corrected chi connectivity index (χ0v) is 14.9. The molecule has 21 heavy (non-hydrogen) atoms. The third-order valence-electron chi connectivity index (χ3n) is 4.02. The lowest BCUT2D eigenvalue weighted by Crippen LogP contribution is -2.27. The van der Waals surface area contributed by atoms with E-state index in [2.05, 4.69) is 69.1 Å². The number of halogens is 1. The van der Waals surface area contributed by atoms with E-state index in [-0.39, 0.29) is 6.04 Å². The summed E-state index contributed by atoms with van der Waals surface area (Å²) in [6.07, 6.45) is 1.91. The van der Waals surface area contributed by atoms with Gasteiger partial charge in [0.15, 0.2) is 0 Å². The van der Waals surface area contributed by atoms with E-state index < -0.39 is 0 Å². The first-order valence-electron chi connectivity index (χ1n) is 7.25. The molecular formula is C16H20BrN3S. The van der Waals surface area contributed by atoms with Crippen molar-refractivity contribution in [3.63, 3.8) is 0 Å². The number of hydrogen-bond donors (Lipinski definition) is 1. The van der Waals surface area contributed by atoms with Crippen LogP contribution in [-0.4, -0.2) is 22.6 Å². The van der Waals surface area contributed by atoms with Crippen LogP contribution in [0.15, 0.2) is 39.8 Å². The highest BCUT2D eigenvalue weighted by Gasteiger charge is 2.33. The van der Waals surface area contributed by atoms with Crippen LogP contribution in [0, 0.1) is 0 Å². The molecule has 2 aromatic rings. The fourth-order valence-corrected chi connectivity index (χ4v) is 4.86. The molecule has 1 aromatic carbocycles. The van der Waals surface area contributed by atoms with E-state index in [1.807, 2.05) is 25.0 Å². The molecule has 3 nitrogen and oxygen atoms in total. The molecule has 1 aliphatic heterocycles. The molecule has 0 saturated carbocycles. The summed E-state index contributed by atoms with van der Waals surface area (Å²) in [6.45, 7) is 4.35. The lowest BCUT2D eigenvalue weighted by molar-refractivity contribution is 0.430. The van der Waals surface area contributed by atoms with Gasteiger partial charge in [-0.05, 0) is 48.5 Å². The molecule has 0 saturated heterocycles. The number of thioether (sulfide) groups is 1. The first kappa shape index (κ1) is 15.1. The Morgan fingerprint density at radius 1 is 1.38 bits per heavy atom. The van der Waals surface area contributed by atoms with Crippen LogP contribution >= 0.6 is 27.7 Å². The fourth-order valence-electron chi connectivity index (χ4n) is 3.05. The standard InChI is InChI=1S/C16H20BrN3S/c1-10(2)20-16(13(17)8-19-20)15(18-3)12-9-21-14-7-5-4-6-11(12)14/h4-8,10,12,15,18H,9H2,1-3H3. The number of fused-ring (bicyclic) bond motifs is 1. The van der Waals surface area contributed by atoms with E-state index in [9.17, 15) is 0 Å². The normalized spacial score (nSPS) is 19.0. The molecule has 0 amide bonds. The Labute approximate surface area is 138 Å². The second-order valence-electron chi connectivity index (χ2n) is 5.64. The van der Waals surface area contributed by atoms with Gasteiger partial charge in [-0.15, -0.1) is 11.8 Å². The Hall–Kier alpha value is -0.780. The third kappa shape index (κ3) is 2.67. The zero-order chi connectivity index (χ0) is 15.0. The van der Waals surface area contributed by atoms with E-state index in [1.54, 1.807) is 0 Å². The second kappa shape index (κ2) is 6.15. The van der Waals surface area contributed by atoms with E-state index in [1.165, 1.54) is 16.2 Å². The van der Waals surface area contributed by atoms with Gasteiger partial charge in [-0.2, -0.15) is 5.10 Å². The number of nitrogens with one attached hydrogen (secondary N) is 1. The van der Waals surface area contributed by atoms with Crippen molar-refractivity contribution in [1.29, 1.82) is 0 Å². The molecular weight excluding hydrogens is 346 g/mol. The molecule has 112 valence electrons. The highest BCUT2D eigenvalue weighted by molar-refractivity contribution is 9.10. The molecule has 1 aromatic heterocycles. The van der Waals surface area contributed by atoms with Gasteiger partial charge < -0.3 is 5.32 Å².